The van der Waals surface area contributed by atoms with Crippen molar-refractivity contribution in [1.29, 1.82) is 0 Å². The molecule has 1 fully saturated rings. The lowest BCUT2D eigenvalue weighted by Gasteiger charge is -2.44. The number of carbonyl (C=O) groups excluding carboxylic acids is 1. The predicted molar refractivity (Wildman–Crippen MR) is 138 cm³/mol. The molecule has 1 saturated heterocycles. The minimum absolute atomic E-state index is 0.0296. The third kappa shape index (κ3) is 4.64. The highest BCUT2D eigenvalue weighted by atomic mass is 32.2. The summed E-state index contributed by atoms with van der Waals surface area (Å²) >= 11 is 0. The van der Waals surface area contributed by atoms with Crippen LogP contribution in [0.1, 0.15) is 43.9 Å². The molecule has 0 aromatic heterocycles. The van der Waals surface area contributed by atoms with Gasteiger partial charge in [0.2, 0.25) is 0 Å². The smallest absolute Gasteiger partial charge is 0.266 e. The number of nitrogens with one attached hydrogen (secondary N) is 2. The van der Waals surface area contributed by atoms with Crippen LogP contribution in [0.4, 0.5) is 13.2 Å². The zero-order chi connectivity index (χ0) is 27.2. The molecule has 12 heteroatoms. The summed E-state index contributed by atoms with van der Waals surface area (Å²) in [5.41, 5.74) is 0.284. The average Bonchev–Trinajstić information content (AvgIpc) is 2.85. The van der Waals surface area contributed by atoms with Crippen LogP contribution in [0.5, 0.6) is 0 Å². The summed E-state index contributed by atoms with van der Waals surface area (Å²) in [6.45, 7) is 4.45. The number of fused-ring (bicyclic) bond motifs is 1. The molecule has 0 spiro atoms. The molecular weight excluding hydrogens is 519 g/mol. The van der Waals surface area contributed by atoms with E-state index in [1.807, 2.05) is 6.08 Å². The summed E-state index contributed by atoms with van der Waals surface area (Å²) in [6.07, 6.45) is 2.55. The molecule has 2 N–H and O–H groups in total. The largest absolute Gasteiger partial charge is 0.377 e. The fraction of sp³-hybridized carbons (Fsp3) is 0.462. The molecule has 4 aliphatic rings. The van der Waals surface area contributed by atoms with Crippen molar-refractivity contribution < 1.29 is 26.9 Å². The monoisotopic (exact) mass is 549 g/mol. The highest BCUT2D eigenvalue weighted by Gasteiger charge is 2.44. The van der Waals surface area contributed by atoms with Gasteiger partial charge in [0.15, 0.2) is 5.66 Å². The van der Waals surface area contributed by atoms with Crippen molar-refractivity contribution in [2.75, 3.05) is 31.8 Å². The zero-order valence-electron chi connectivity index (χ0n) is 21.3. The molecule has 1 amide bonds. The van der Waals surface area contributed by atoms with E-state index in [-0.39, 0.29) is 23.3 Å². The first-order valence-electron chi connectivity index (χ1n) is 12.4. The maximum Gasteiger partial charge on any atom is 0.266 e. The number of alkyl halides is 2. The molecule has 38 heavy (non-hydrogen) atoms. The molecule has 0 aliphatic carbocycles. The second-order valence-electron chi connectivity index (χ2n) is 9.97. The Kier molecular flexibility index (Phi) is 6.89. The Morgan fingerprint density at radius 1 is 1.32 bits per heavy atom. The lowest BCUT2D eigenvalue weighted by Crippen LogP contribution is -2.54. The molecule has 8 nitrogen and oxygen atoms in total. The first-order valence-corrected chi connectivity index (χ1v) is 14.2. The number of halogens is 3. The number of likely N-dealkylation sites (N-methyl/N-ethyl adjacent to an activating group) is 1. The van der Waals surface area contributed by atoms with Gasteiger partial charge in [-0.25, -0.2) is 26.7 Å². The Morgan fingerprint density at radius 2 is 2.05 bits per heavy atom. The average molecular weight is 550 g/mol. The van der Waals surface area contributed by atoms with E-state index >= 15 is 0 Å². The van der Waals surface area contributed by atoms with Crippen LogP contribution in [0.2, 0.25) is 0 Å². The summed E-state index contributed by atoms with van der Waals surface area (Å²) < 4.78 is 64.1. The van der Waals surface area contributed by atoms with E-state index in [0.717, 1.165) is 11.6 Å². The van der Waals surface area contributed by atoms with Crippen LogP contribution in [0.15, 0.2) is 62.2 Å². The van der Waals surface area contributed by atoms with Crippen LogP contribution in [-0.4, -0.2) is 64.8 Å². The molecule has 4 aliphatic heterocycles. The first-order chi connectivity index (χ1) is 18.0. The molecule has 2 unspecified atom stereocenters. The van der Waals surface area contributed by atoms with Crippen LogP contribution in [0, 0.1) is 5.82 Å². The summed E-state index contributed by atoms with van der Waals surface area (Å²) in [6, 6.07) is 3.23. The first kappa shape index (κ1) is 26.5. The van der Waals surface area contributed by atoms with Crippen LogP contribution in [-0.2, 0) is 19.3 Å². The number of hydrogen-bond acceptors (Lipinski definition) is 7. The van der Waals surface area contributed by atoms with Gasteiger partial charge < -0.3 is 20.3 Å². The Hall–Kier alpha value is -3.12. The van der Waals surface area contributed by atoms with Gasteiger partial charge in [0.05, 0.1) is 46.6 Å². The van der Waals surface area contributed by atoms with Crippen molar-refractivity contribution in [3.63, 3.8) is 0 Å². The molecule has 3 atom stereocenters. The van der Waals surface area contributed by atoms with Gasteiger partial charge in [0.25, 0.3) is 12.3 Å². The SMILES string of the molecule is C[C@@H](NC1=C2C=C(C3=CCS(=O)(=NC4COC4)CC3)C(=O)N(C)C2(C)N=CN1)c1cccc(C(F)F)c1F. The van der Waals surface area contributed by atoms with E-state index in [1.54, 1.807) is 27.0 Å². The van der Waals surface area contributed by atoms with Crippen molar-refractivity contribution in [1.82, 2.24) is 15.5 Å². The number of carbonyl (C=O) groups is 1. The second-order valence-corrected chi connectivity index (χ2v) is 12.5. The van der Waals surface area contributed by atoms with E-state index in [1.165, 1.54) is 23.4 Å². The molecule has 0 saturated carbocycles. The van der Waals surface area contributed by atoms with Crippen molar-refractivity contribution in [3.8, 4) is 0 Å². The molecule has 4 heterocycles. The van der Waals surface area contributed by atoms with Crippen molar-refractivity contribution in [2.24, 2.45) is 9.36 Å². The minimum Gasteiger partial charge on any atom is -0.377 e. The summed E-state index contributed by atoms with van der Waals surface area (Å²) in [5.74, 6) is -0.0707. The van der Waals surface area contributed by atoms with Crippen LogP contribution in [0.3, 0.4) is 0 Å². The van der Waals surface area contributed by atoms with Crippen molar-refractivity contribution in [2.45, 2.75) is 44.4 Å². The number of aliphatic imine (C=N–C) groups is 1. The lowest BCUT2D eigenvalue weighted by molar-refractivity contribution is -0.130. The number of rotatable bonds is 6. The minimum atomic E-state index is -2.93. The molecule has 1 aromatic carbocycles. The third-order valence-electron chi connectivity index (χ3n) is 7.49. The van der Waals surface area contributed by atoms with Gasteiger partial charge in [0, 0.05) is 29.5 Å². The lowest BCUT2D eigenvalue weighted by atomic mass is 9.87. The van der Waals surface area contributed by atoms with E-state index in [2.05, 4.69) is 20.0 Å². The quantitative estimate of drug-likeness (QED) is 0.566. The Balaban J connectivity index is 1.49. The second kappa shape index (κ2) is 9.88. The van der Waals surface area contributed by atoms with Gasteiger partial charge in [0.1, 0.15) is 17.7 Å². The van der Waals surface area contributed by atoms with Gasteiger partial charge in [-0.1, -0.05) is 24.3 Å². The Bertz CT molecular complexity index is 1410. The standard InChI is InChI=1S/C26H30F3N5O3S/c1-15(18-5-4-6-19(22(18)27)23(28)29)32-24-21-11-20(25(35)34(3)26(21,2)31-14-30-24)16-7-9-38(36,10-8-16)33-17-12-37-13-17/h4-7,11,14-15,17,23,32H,8-10,12-13H2,1-3H3,(H,30,31)/t15-,26?,38?/m1/s1. The van der Waals surface area contributed by atoms with E-state index < -0.39 is 39.2 Å². The predicted octanol–water partition coefficient (Wildman–Crippen LogP) is 3.57. The zero-order valence-corrected chi connectivity index (χ0v) is 22.2. The van der Waals surface area contributed by atoms with Gasteiger partial charge in [-0.3, -0.25) is 4.79 Å². The molecule has 0 radical (unpaired) electrons. The Labute approximate surface area is 219 Å². The number of amides is 1. The fourth-order valence-electron chi connectivity index (χ4n) is 4.96. The van der Waals surface area contributed by atoms with Gasteiger partial charge >= 0.3 is 0 Å². The summed E-state index contributed by atoms with van der Waals surface area (Å²) in [5, 5.41) is 6.23. The van der Waals surface area contributed by atoms with Gasteiger partial charge in [-0.15, -0.1) is 0 Å². The number of benzene rings is 1. The van der Waals surface area contributed by atoms with E-state index in [9.17, 15) is 22.2 Å². The molecule has 5 rings (SSSR count). The maximum atomic E-state index is 14.8. The van der Waals surface area contributed by atoms with E-state index in [0.29, 0.717) is 42.4 Å². The molecule has 1 aromatic rings. The molecule has 204 valence electrons. The highest BCUT2D eigenvalue weighted by molar-refractivity contribution is 7.93. The molecule has 0 bridgehead atoms. The summed E-state index contributed by atoms with van der Waals surface area (Å²) in [4.78, 5) is 19.5. The normalized spacial score (nSPS) is 28.3. The van der Waals surface area contributed by atoms with Gasteiger partial charge in [-0.05, 0) is 31.9 Å². The topological polar surface area (TPSA) is 95.4 Å². The van der Waals surface area contributed by atoms with Crippen LogP contribution in [0.25, 0.3) is 0 Å². The van der Waals surface area contributed by atoms with Gasteiger partial charge in [-0.2, -0.15) is 0 Å². The highest BCUT2D eigenvalue weighted by Crippen LogP contribution is 2.39. The van der Waals surface area contributed by atoms with Crippen LogP contribution < -0.4 is 10.6 Å². The summed E-state index contributed by atoms with van der Waals surface area (Å²) in [7, 11) is -0.736. The molecular formula is C26H30F3N5O3S. The number of hydrogen-bond donors (Lipinski definition) is 2. The van der Waals surface area contributed by atoms with E-state index in [4.69, 9.17) is 4.74 Å². The van der Waals surface area contributed by atoms with Crippen molar-refractivity contribution in [3.05, 3.63) is 69.8 Å². The number of nitrogens with zero attached hydrogens (tertiary/aromatic N) is 3. The van der Waals surface area contributed by atoms with Crippen LogP contribution >= 0.6 is 0 Å². The van der Waals surface area contributed by atoms with Crippen molar-refractivity contribution >= 4 is 22.0 Å². The number of ether oxygens (including phenoxy) is 1. The maximum absolute atomic E-state index is 14.8. The Morgan fingerprint density at radius 3 is 2.68 bits per heavy atom. The fourth-order valence-corrected chi connectivity index (χ4v) is 6.99. The third-order valence-corrected chi connectivity index (χ3v) is 9.70.